The maximum atomic E-state index is 14.6. The third-order valence-corrected chi connectivity index (χ3v) is 17.0. The number of carbonyl (C=O) groups is 7. The predicted octanol–water partition coefficient (Wildman–Crippen LogP) is -4.30. The third-order valence-electron chi connectivity index (χ3n) is 15.6. The van der Waals surface area contributed by atoms with Crippen LogP contribution in [0.25, 0.3) is 37.1 Å². The number of rotatable bonds is 20. The maximum Gasteiger partial charge on any atom is 1.00 e. The number of methoxy groups -OCH3 is 1. The molecule has 0 bridgehead atoms. The summed E-state index contributed by atoms with van der Waals surface area (Å²) in [6.45, 7) is 8.73. The SMILES string of the molecule is [C-]#[N+]C[C@@H](O)[C@@H]1NC(=O)C([C@H](O)Cc2ccc(O)c(OSOO[O-])c2)NC(=O)C2CC(O)CN2C(=O)C(C(C)O)NC(=O)[C@@H](NC(=O)c2ccc(-c3nnc(-c4ccc(-c5ccc(OCCCOC)cc5)cc4)s3)cc2)C[C@H](O)CNC(=O)C2[C@@H](O)C(C)CN2C1=O.[Na+]. The minimum Gasteiger partial charge on any atom is -0.691 e. The summed E-state index contributed by atoms with van der Waals surface area (Å²) in [7, 11) is 1.64. The van der Waals surface area contributed by atoms with Crippen molar-refractivity contribution in [1.29, 1.82) is 0 Å². The number of amides is 7. The first kappa shape index (κ1) is 73.0. The van der Waals surface area contributed by atoms with E-state index >= 15 is 0 Å². The van der Waals surface area contributed by atoms with Gasteiger partial charge in [0.25, 0.3) is 18.2 Å². The maximum absolute atomic E-state index is 14.6. The molecule has 3 aliphatic rings. The van der Waals surface area contributed by atoms with Gasteiger partial charge in [0.1, 0.15) is 52.0 Å². The molecule has 4 aromatic carbocycles. The van der Waals surface area contributed by atoms with Gasteiger partial charge in [-0.15, -0.1) is 14.5 Å². The molecule has 1 aromatic heterocycles. The van der Waals surface area contributed by atoms with E-state index in [0.717, 1.165) is 57.7 Å². The number of ether oxygens (including phenoxy) is 2. The first-order valence-corrected chi connectivity index (χ1v) is 30.5. The van der Waals surface area contributed by atoms with E-state index in [0.29, 0.717) is 28.8 Å². The van der Waals surface area contributed by atoms with Crippen LogP contribution in [0.15, 0.2) is 91.0 Å². The van der Waals surface area contributed by atoms with Gasteiger partial charge in [0.05, 0.1) is 37.1 Å². The number of fused-ring (bicyclic) bond motifs is 2. The van der Waals surface area contributed by atoms with Gasteiger partial charge in [0, 0.05) is 81.6 Å². The van der Waals surface area contributed by atoms with Gasteiger partial charge in [-0.3, -0.25) is 38.6 Å². The summed E-state index contributed by atoms with van der Waals surface area (Å²) < 4.78 is 20.0. The molecule has 30 nitrogen and oxygen atoms in total. The zero-order chi connectivity index (χ0) is 66.3. The normalized spacial score (nSPS) is 24.3. The average molecular weight is 1340 g/mol. The van der Waals surface area contributed by atoms with Crippen LogP contribution in [0.3, 0.4) is 0 Å². The predicted molar refractivity (Wildman–Crippen MR) is 323 cm³/mol. The Balaban J connectivity index is 0.0000123. The quantitative estimate of drug-likeness (QED) is 0.00876. The van der Waals surface area contributed by atoms with Crippen LogP contribution in [0.4, 0.5) is 0 Å². The summed E-state index contributed by atoms with van der Waals surface area (Å²) >= 11 is 1.30. The number of carbonyl (C=O) groups excluding carboxylic acids is 7. The molecule has 4 heterocycles. The van der Waals surface area contributed by atoms with Crippen LogP contribution in [0.2, 0.25) is 0 Å². The Labute approximate surface area is 563 Å². The number of hydrogen-bond donors (Lipinski definition) is 12. The van der Waals surface area contributed by atoms with Crippen molar-refractivity contribution in [3.63, 3.8) is 0 Å². The summed E-state index contributed by atoms with van der Waals surface area (Å²) in [6, 6.07) is 13.6. The Morgan fingerprint density at radius 1 is 0.774 bits per heavy atom. The molecule has 8 rings (SSSR count). The van der Waals surface area contributed by atoms with Crippen molar-refractivity contribution >= 4 is 65.0 Å². The van der Waals surface area contributed by atoms with E-state index in [9.17, 15) is 74.6 Å². The zero-order valence-electron chi connectivity index (χ0n) is 50.7. The Bertz CT molecular complexity index is 3440. The monoisotopic (exact) mass is 1340 g/mol. The van der Waals surface area contributed by atoms with E-state index in [1.807, 2.05) is 48.5 Å². The second kappa shape index (κ2) is 34.1. The number of nitrogens with zero attached hydrogens (tertiary/aromatic N) is 5. The van der Waals surface area contributed by atoms with Gasteiger partial charge >= 0.3 is 29.6 Å². The minimum absolute atomic E-state index is 0. The van der Waals surface area contributed by atoms with Crippen LogP contribution in [0, 0.1) is 12.5 Å². The number of hydrogen-bond acceptors (Lipinski definition) is 24. The van der Waals surface area contributed by atoms with Crippen molar-refractivity contribution in [2.45, 2.75) is 112 Å². The number of phenols is 1. The van der Waals surface area contributed by atoms with Crippen LogP contribution in [-0.2, 0) is 49.3 Å². The van der Waals surface area contributed by atoms with Crippen LogP contribution >= 0.6 is 23.7 Å². The largest absolute Gasteiger partial charge is 1.00 e. The van der Waals surface area contributed by atoms with Gasteiger partial charge in [0.15, 0.2) is 17.6 Å². The summed E-state index contributed by atoms with van der Waals surface area (Å²) in [5.41, 5.74) is 3.42. The average Bonchev–Trinajstić information content (AvgIpc) is 1.70. The number of aromatic hydroxyl groups is 1. The fourth-order valence-corrected chi connectivity index (χ4v) is 11.8. The fraction of sp³-hybridized carbons (Fsp3) is 0.433. The molecule has 3 fully saturated rings. The molecule has 0 aliphatic carbocycles. The molecular formula is C60H69N10NaO20S2. The number of aromatic nitrogens is 2. The summed E-state index contributed by atoms with van der Waals surface area (Å²) in [5, 5.41) is 114. The Morgan fingerprint density at radius 2 is 1.39 bits per heavy atom. The van der Waals surface area contributed by atoms with Crippen molar-refractivity contribution in [3.05, 3.63) is 114 Å². The zero-order valence-corrected chi connectivity index (χ0v) is 54.4. The van der Waals surface area contributed by atoms with Crippen molar-refractivity contribution in [2.75, 3.05) is 46.5 Å². The molecule has 0 radical (unpaired) electrons. The van der Waals surface area contributed by atoms with Crippen LogP contribution < -0.4 is 70.3 Å². The molecule has 3 saturated heterocycles. The topological polar surface area (TPSA) is 427 Å². The summed E-state index contributed by atoms with van der Waals surface area (Å²) in [5.74, 6) is -9.01. The number of aliphatic hydroxyl groups is 6. The molecule has 3 aliphatic heterocycles. The van der Waals surface area contributed by atoms with Crippen LogP contribution in [0.1, 0.15) is 49.0 Å². The van der Waals surface area contributed by atoms with Crippen LogP contribution in [-0.4, -0.2) is 216 Å². The van der Waals surface area contributed by atoms with Crippen molar-refractivity contribution in [2.24, 2.45) is 5.92 Å². The Kier molecular flexibility index (Phi) is 26.8. The Hall–Kier alpha value is -7.43. The van der Waals surface area contributed by atoms with E-state index in [1.165, 1.54) is 36.5 Å². The first-order chi connectivity index (χ1) is 44.1. The molecule has 33 heteroatoms. The molecule has 7 unspecified atom stereocenters. The summed E-state index contributed by atoms with van der Waals surface area (Å²) in [6.07, 6.45) is -11.6. The molecule has 5 aromatic rings. The van der Waals surface area contributed by atoms with Crippen molar-refractivity contribution < 1.29 is 127 Å². The molecule has 12 N–H and O–H groups in total. The second-order valence-electron chi connectivity index (χ2n) is 22.2. The van der Waals surface area contributed by atoms with Crippen molar-refractivity contribution in [3.8, 4) is 49.5 Å². The van der Waals surface area contributed by atoms with E-state index < -0.39 is 165 Å². The number of aliphatic hydroxyl groups excluding tert-OH is 6. The smallest absolute Gasteiger partial charge is 0.691 e. The van der Waals surface area contributed by atoms with Gasteiger partial charge in [0.2, 0.25) is 42.0 Å². The van der Waals surface area contributed by atoms with Gasteiger partial charge in [-0.1, -0.05) is 72.9 Å². The Morgan fingerprint density at radius 3 is 2.02 bits per heavy atom. The van der Waals surface area contributed by atoms with E-state index in [-0.39, 0.29) is 65.3 Å². The van der Waals surface area contributed by atoms with Gasteiger partial charge in [-0.2, -0.15) is 0 Å². The minimum atomic E-state index is -2.16. The van der Waals surface area contributed by atoms with E-state index in [2.05, 4.69) is 51.0 Å². The molecule has 492 valence electrons. The first-order valence-electron chi connectivity index (χ1n) is 29.0. The number of nitrogens with one attached hydrogen (secondary N) is 5. The number of benzene rings is 4. The standard InChI is InChI=1S/C60H70N10O20S2.Na/c1-30-28-70-50(51(30)77)56(82)62-26-38(72)24-41(63-52(78)35-9-13-37(14-10-35)58-68-67-57(91-58)36-11-7-33(8-12-36)34-15-17-40(18-16-34)87-21-5-20-86-4)53(79)64-47(31(2)71)59(83)69-29-39(73)25-42(69)54(80)65-48(55(81)66-49(60(70)84)45(76)27-61-3)44(75)22-32-6-19-43(74)46(23-32)88-92-90-89-85;/h6-19,23,30-31,38-39,41-42,44-45,47-51,71-77,85H,5,20-22,24-29H2,1-2,4H3,(H,62,82)(H,63,78)(H,64,79)(H,65,80)(H,66,81);/q;+1/p-1/t30?,31?,38-,39?,41-,42?,44+,45+,47?,48?,49-,50?,51-;/m0./s1. The van der Waals surface area contributed by atoms with Gasteiger partial charge in [-0.25, -0.2) is 6.57 Å². The van der Waals surface area contributed by atoms with Gasteiger partial charge < -0.3 is 95.9 Å². The molecule has 13 atom stereocenters. The van der Waals surface area contributed by atoms with E-state index in [4.69, 9.17) is 20.2 Å². The second-order valence-corrected chi connectivity index (χ2v) is 23.6. The molecule has 7 amide bonds. The fourth-order valence-electron chi connectivity index (χ4n) is 10.7. The van der Waals surface area contributed by atoms with Gasteiger partial charge in [-0.05, 0) is 60.0 Å². The molecule has 93 heavy (non-hydrogen) atoms. The van der Waals surface area contributed by atoms with Crippen molar-refractivity contribution in [1.82, 2.24) is 46.6 Å². The molecular weight excluding hydrogens is 1270 g/mol. The third kappa shape index (κ3) is 18.7. The van der Waals surface area contributed by atoms with E-state index in [1.54, 1.807) is 19.2 Å². The summed E-state index contributed by atoms with van der Waals surface area (Å²) in [4.78, 5) is 106. The molecule has 0 saturated carbocycles. The van der Waals surface area contributed by atoms with Crippen LogP contribution in [0.5, 0.6) is 17.2 Å². The number of β-amino-alcohol motifs (C(OH)–C–C–N with tert-alkyl or cyclic N) is 1. The molecule has 0 spiro atoms. The number of phenolic OH excluding ortho intramolecular Hbond substituents is 1.